The van der Waals surface area contributed by atoms with E-state index in [1.807, 2.05) is 6.07 Å². The van der Waals surface area contributed by atoms with Gasteiger partial charge in [0.05, 0.1) is 4.53 Å². The number of ketones is 1. The van der Waals surface area contributed by atoms with Gasteiger partial charge in [0, 0.05) is 18.2 Å². The zero-order chi connectivity index (χ0) is 21.0. The number of halogens is 2. The van der Waals surface area contributed by atoms with Crippen molar-refractivity contribution in [3.8, 4) is 11.8 Å². The van der Waals surface area contributed by atoms with Gasteiger partial charge in [-0.15, -0.1) is 11.3 Å². The van der Waals surface area contributed by atoms with Gasteiger partial charge in [0.1, 0.15) is 22.1 Å². The Hall–Kier alpha value is -3.57. The van der Waals surface area contributed by atoms with Gasteiger partial charge < -0.3 is 9.30 Å². The minimum absolute atomic E-state index is 0.0793. The lowest BCUT2D eigenvalue weighted by molar-refractivity contribution is -0.0499. The Morgan fingerprint density at radius 1 is 1.17 bits per heavy atom. The van der Waals surface area contributed by atoms with E-state index in [1.54, 1.807) is 36.4 Å². The van der Waals surface area contributed by atoms with Crippen LogP contribution >= 0.6 is 11.3 Å². The number of benzene rings is 2. The molecule has 0 spiro atoms. The number of rotatable bonds is 5. The average Bonchev–Trinajstić information content (AvgIpc) is 2.99. The number of aromatic nitrogens is 1. The summed E-state index contributed by atoms with van der Waals surface area (Å²) < 4.78 is 31.3. The Balaban J connectivity index is 2.20. The first-order chi connectivity index (χ1) is 13.9. The topological polar surface area (TPSA) is 72.1 Å². The smallest absolute Gasteiger partial charge is 0.387 e. The van der Waals surface area contributed by atoms with Crippen molar-refractivity contribution in [2.45, 2.75) is 6.61 Å². The summed E-state index contributed by atoms with van der Waals surface area (Å²) in [7, 11) is 1.45. The van der Waals surface area contributed by atoms with Crippen LogP contribution in [0.25, 0.3) is 11.6 Å². The van der Waals surface area contributed by atoms with E-state index >= 15 is 0 Å². The molecule has 5 nitrogen and oxygen atoms in total. The van der Waals surface area contributed by atoms with Gasteiger partial charge in [0.25, 0.3) is 5.56 Å². The molecule has 0 atom stereocenters. The van der Waals surface area contributed by atoms with Gasteiger partial charge in [-0.05, 0) is 12.1 Å². The molecule has 0 radical (unpaired) electrons. The van der Waals surface area contributed by atoms with Gasteiger partial charge in [-0.1, -0.05) is 48.5 Å². The van der Waals surface area contributed by atoms with Crippen LogP contribution in [0, 0.1) is 11.3 Å². The lowest BCUT2D eigenvalue weighted by atomic mass is 10.1. The number of thiazole rings is 1. The molecule has 1 heterocycles. The van der Waals surface area contributed by atoms with Crippen LogP contribution in [0.5, 0.6) is 5.75 Å². The third-order valence-electron chi connectivity index (χ3n) is 4.04. The molecule has 0 N–H and O–H groups in total. The zero-order valence-corrected chi connectivity index (χ0v) is 16.0. The van der Waals surface area contributed by atoms with Crippen LogP contribution in [0.15, 0.2) is 59.4 Å². The third-order valence-corrected chi connectivity index (χ3v) is 5.22. The lowest BCUT2D eigenvalue weighted by Gasteiger charge is -2.06. The molecule has 1 aromatic heterocycles. The highest BCUT2D eigenvalue weighted by Crippen LogP contribution is 2.20. The summed E-state index contributed by atoms with van der Waals surface area (Å²) >= 11 is 0.936. The molecule has 0 bridgehead atoms. The summed E-state index contributed by atoms with van der Waals surface area (Å²) in [4.78, 5) is 25.3. The van der Waals surface area contributed by atoms with E-state index in [-0.39, 0.29) is 26.1 Å². The van der Waals surface area contributed by atoms with Gasteiger partial charge in [-0.3, -0.25) is 9.59 Å². The SMILES string of the molecule is Cn1c(=O)/c(=C\c2ccccc2OC(F)F)s/c1=C(/C#N)C(=O)c1ccccc1. The third kappa shape index (κ3) is 4.31. The molecule has 0 aliphatic heterocycles. The summed E-state index contributed by atoms with van der Waals surface area (Å²) in [6.45, 7) is -3.01. The summed E-state index contributed by atoms with van der Waals surface area (Å²) in [5, 5.41) is 9.54. The Kier molecular flexibility index (Phi) is 6.00. The number of carbonyl (C=O) groups excluding carboxylic acids is 1. The minimum Gasteiger partial charge on any atom is -0.434 e. The number of hydrogen-bond donors (Lipinski definition) is 0. The van der Waals surface area contributed by atoms with Crippen molar-refractivity contribution in [1.82, 2.24) is 4.57 Å². The number of ether oxygens (including phenoxy) is 1. The normalized spacial score (nSPS) is 12.6. The average molecular weight is 412 g/mol. The highest BCUT2D eigenvalue weighted by molar-refractivity contribution is 7.07. The predicted octanol–water partition coefficient (Wildman–Crippen LogP) is 2.43. The predicted molar refractivity (Wildman–Crippen MR) is 105 cm³/mol. The molecule has 0 amide bonds. The molecule has 3 aromatic rings. The maximum atomic E-state index is 12.7. The number of para-hydroxylation sites is 1. The first-order valence-electron chi connectivity index (χ1n) is 8.38. The van der Waals surface area contributed by atoms with Crippen LogP contribution in [0.1, 0.15) is 15.9 Å². The van der Waals surface area contributed by atoms with E-state index in [2.05, 4.69) is 4.74 Å². The molecule has 2 aromatic carbocycles. The molecule has 0 fully saturated rings. The van der Waals surface area contributed by atoms with Crippen molar-refractivity contribution in [2.24, 2.45) is 7.05 Å². The molecule has 0 saturated carbocycles. The standard InChI is InChI=1S/C21H14F2N2O3S/c1-25-19(27)17(11-14-9-5-6-10-16(14)28-21(22)23)29-20(25)15(12-24)18(26)13-7-3-2-4-8-13/h2-11,21H,1H3/b17-11+,20-15-. The second kappa shape index (κ2) is 8.63. The van der Waals surface area contributed by atoms with E-state index in [9.17, 15) is 23.6 Å². The van der Waals surface area contributed by atoms with Gasteiger partial charge in [0.15, 0.2) is 0 Å². The molecular formula is C21H14F2N2O3S. The van der Waals surface area contributed by atoms with Crippen molar-refractivity contribution >= 4 is 28.8 Å². The molecule has 29 heavy (non-hydrogen) atoms. The van der Waals surface area contributed by atoms with E-state index < -0.39 is 18.0 Å². The molecule has 0 unspecified atom stereocenters. The molecule has 0 saturated heterocycles. The number of nitriles is 1. The second-order valence-corrected chi connectivity index (χ2v) is 6.91. The first-order valence-corrected chi connectivity index (χ1v) is 9.19. The maximum absolute atomic E-state index is 12.7. The van der Waals surface area contributed by atoms with Crippen LogP contribution in [-0.4, -0.2) is 17.0 Å². The van der Waals surface area contributed by atoms with E-state index in [0.29, 0.717) is 5.56 Å². The fourth-order valence-electron chi connectivity index (χ4n) is 2.66. The number of hydrogen-bond acceptors (Lipinski definition) is 5. The quantitative estimate of drug-likeness (QED) is 0.604. The van der Waals surface area contributed by atoms with E-state index in [1.165, 1.54) is 35.9 Å². The molecule has 146 valence electrons. The lowest BCUT2D eigenvalue weighted by Crippen LogP contribution is -2.30. The largest absolute Gasteiger partial charge is 0.434 e. The first kappa shape index (κ1) is 20.2. The van der Waals surface area contributed by atoms with Crippen LogP contribution in [0.2, 0.25) is 0 Å². The fourth-order valence-corrected chi connectivity index (χ4v) is 3.74. The number of carbonyl (C=O) groups is 1. The molecule has 0 aliphatic carbocycles. The van der Waals surface area contributed by atoms with Crippen molar-refractivity contribution in [3.63, 3.8) is 0 Å². The second-order valence-electron chi connectivity index (χ2n) is 5.88. The monoisotopic (exact) mass is 412 g/mol. The molecule has 3 rings (SSSR count). The van der Waals surface area contributed by atoms with Crippen molar-refractivity contribution in [3.05, 3.63) is 85.3 Å². The highest BCUT2D eigenvalue weighted by atomic mass is 32.1. The van der Waals surface area contributed by atoms with Crippen LogP contribution < -0.4 is 19.5 Å². The molecular weight excluding hydrogens is 398 g/mol. The number of Topliss-reactive ketones (excluding diaryl/α,β-unsaturated/α-hetero) is 1. The Labute approximate surface area is 168 Å². The molecule has 8 heteroatoms. The van der Waals surface area contributed by atoms with Crippen LogP contribution in [0.3, 0.4) is 0 Å². The Morgan fingerprint density at radius 2 is 1.83 bits per heavy atom. The summed E-state index contributed by atoms with van der Waals surface area (Å²) in [6.07, 6.45) is 1.40. The Morgan fingerprint density at radius 3 is 2.48 bits per heavy atom. The van der Waals surface area contributed by atoms with Gasteiger partial charge in [-0.2, -0.15) is 14.0 Å². The van der Waals surface area contributed by atoms with Gasteiger partial charge >= 0.3 is 6.61 Å². The highest BCUT2D eigenvalue weighted by Gasteiger charge is 2.16. The van der Waals surface area contributed by atoms with Crippen molar-refractivity contribution in [2.75, 3.05) is 0 Å². The number of alkyl halides is 2. The summed E-state index contributed by atoms with van der Waals surface area (Å²) in [6, 6.07) is 16.2. The minimum atomic E-state index is -3.01. The summed E-state index contributed by atoms with van der Waals surface area (Å²) in [5.41, 5.74) is -0.0136. The van der Waals surface area contributed by atoms with Gasteiger partial charge in [0.2, 0.25) is 5.78 Å². The molecule has 0 aliphatic rings. The van der Waals surface area contributed by atoms with E-state index in [0.717, 1.165) is 11.3 Å². The zero-order valence-electron chi connectivity index (χ0n) is 15.1. The van der Waals surface area contributed by atoms with Gasteiger partial charge in [-0.25, -0.2) is 0 Å². The Bertz CT molecular complexity index is 1270. The number of nitrogens with zero attached hydrogens (tertiary/aromatic N) is 2. The summed E-state index contributed by atoms with van der Waals surface area (Å²) in [5.74, 6) is -0.581. The maximum Gasteiger partial charge on any atom is 0.387 e. The van der Waals surface area contributed by atoms with Crippen molar-refractivity contribution in [1.29, 1.82) is 5.26 Å². The van der Waals surface area contributed by atoms with Crippen molar-refractivity contribution < 1.29 is 18.3 Å². The van der Waals surface area contributed by atoms with Crippen LogP contribution in [0.4, 0.5) is 8.78 Å². The van der Waals surface area contributed by atoms with Crippen LogP contribution in [-0.2, 0) is 7.05 Å². The van der Waals surface area contributed by atoms with E-state index in [4.69, 9.17) is 0 Å². The fraction of sp³-hybridized carbons (Fsp3) is 0.0952.